The van der Waals surface area contributed by atoms with Gasteiger partial charge in [0.2, 0.25) is 0 Å². The molecule has 3 aliphatic heterocycles. The van der Waals surface area contributed by atoms with Gasteiger partial charge in [-0.2, -0.15) is 0 Å². The van der Waals surface area contributed by atoms with Crippen molar-refractivity contribution < 1.29 is 31.6 Å². The van der Waals surface area contributed by atoms with E-state index >= 15 is 4.48 Å². The highest BCUT2D eigenvalue weighted by Crippen LogP contribution is 2.47. The SMILES string of the molecule is C=C[C@H]1C[N+]2(F)CC[C@H]1C[C@@H]2[C@@H](O)c1ccnc2ccccc12.F[B-](F)(F)F. The van der Waals surface area contributed by atoms with E-state index in [0.29, 0.717) is 25.4 Å². The van der Waals surface area contributed by atoms with Crippen LogP contribution in [0.15, 0.2) is 49.2 Å². The normalized spacial score (nSPS) is 30.4. The van der Waals surface area contributed by atoms with E-state index in [1.165, 1.54) is 0 Å². The van der Waals surface area contributed by atoms with Crippen molar-refractivity contribution in [2.45, 2.75) is 25.0 Å². The number of pyridine rings is 1. The second-order valence-corrected chi connectivity index (χ2v) is 7.44. The Kier molecular flexibility index (Phi) is 5.77. The van der Waals surface area contributed by atoms with E-state index in [2.05, 4.69) is 11.6 Å². The molecule has 0 amide bonds. The van der Waals surface area contributed by atoms with Gasteiger partial charge in [0.15, 0.2) is 6.04 Å². The maximum absolute atomic E-state index is 15.5. The highest BCUT2D eigenvalue weighted by molar-refractivity contribution is 6.50. The molecule has 0 radical (unpaired) electrons. The van der Waals surface area contributed by atoms with Crippen LogP contribution in [0.25, 0.3) is 10.9 Å². The first-order valence-electron chi connectivity index (χ1n) is 9.20. The minimum absolute atomic E-state index is 0.228. The Hall–Kier alpha value is -2.00. The Labute approximate surface area is 160 Å². The topological polar surface area (TPSA) is 33.1 Å². The van der Waals surface area contributed by atoms with Crippen molar-refractivity contribution in [1.29, 1.82) is 0 Å². The Morgan fingerprint density at radius 1 is 1.21 bits per heavy atom. The van der Waals surface area contributed by atoms with Crippen LogP contribution in [-0.4, -0.2) is 41.2 Å². The third kappa shape index (κ3) is 4.36. The number of quaternary nitrogens is 1. The van der Waals surface area contributed by atoms with Gasteiger partial charge >= 0.3 is 7.25 Å². The lowest BCUT2D eigenvalue weighted by Gasteiger charge is -2.50. The van der Waals surface area contributed by atoms with Crippen LogP contribution in [0.1, 0.15) is 24.5 Å². The first-order valence-corrected chi connectivity index (χ1v) is 9.20. The van der Waals surface area contributed by atoms with Crippen molar-refractivity contribution in [3.8, 4) is 0 Å². The lowest BCUT2D eigenvalue weighted by molar-refractivity contribution is -1.09. The van der Waals surface area contributed by atoms with E-state index < -0.39 is 24.1 Å². The van der Waals surface area contributed by atoms with Crippen molar-refractivity contribution in [1.82, 2.24) is 4.98 Å². The standard InChI is InChI=1S/C19H22FN2O.BF4/c1-2-13-12-22(20)10-8-14(13)11-18(22)19(23)16-7-9-21-17-6-4-3-5-15(16)17;2-1(3,4)5/h2-7,9,13-14,18-19,23H,1,8,10-12H2;/q+1;-1/t13-,14-,18+,19-,22?;/m0./s1. The summed E-state index contributed by atoms with van der Waals surface area (Å²) >= 11 is 0. The molecular weight excluding hydrogens is 378 g/mol. The van der Waals surface area contributed by atoms with Gasteiger partial charge in [-0.05, 0) is 28.1 Å². The van der Waals surface area contributed by atoms with Gasteiger partial charge < -0.3 is 22.4 Å². The predicted octanol–water partition coefficient (Wildman–Crippen LogP) is 4.86. The number of aromatic nitrogens is 1. The summed E-state index contributed by atoms with van der Waals surface area (Å²) in [6, 6.07) is 9.17. The molecular formula is C19H22BF5N2O. The lowest BCUT2D eigenvalue weighted by atomic mass is 9.73. The first kappa shape index (κ1) is 20.7. The number of halogens is 5. The molecule has 9 heteroatoms. The molecule has 0 aliphatic carbocycles. The Morgan fingerprint density at radius 2 is 1.89 bits per heavy atom. The fraction of sp³-hybridized carbons (Fsp3) is 0.421. The van der Waals surface area contributed by atoms with Crippen molar-refractivity contribution in [3.05, 3.63) is 54.7 Å². The number of aliphatic hydroxyl groups is 1. The molecule has 1 aromatic carbocycles. The number of hydrogen-bond acceptors (Lipinski definition) is 2. The van der Waals surface area contributed by atoms with Crippen molar-refractivity contribution in [2.24, 2.45) is 11.8 Å². The third-order valence-corrected chi connectivity index (χ3v) is 5.80. The molecule has 5 atom stereocenters. The summed E-state index contributed by atoms with van der Waals surface area (Å²) in [7, 11) is -6.00. The smallest absolute Gasteiger partial charge is 0.418 e. The van der Waals surface area contributed by atoms with Gasteiger partial charge in [-0.1, -0.05) is 24.3 Å². The Balaban J connectivity index is 0.000000403. The quantitative estimate of drug-likeness (QED) is 0.346. The zero-order valence-corrected chi connectivity index (χ0v) is 15.2. The Bertz CT molecular complexity index is 837. The van der Waals surface area contributed by atoms with Gasteiger partial charge in [0.05, 0.1) is 5.52 Å². The zero-order valence-electron chi connectivity index (χ0n) is 15.2. The molecule has 3 aliphatic rings. The van der Waals surface area contributed by atoms with E-state index in [4.69, 9.17) is 0 Å². The van der Waals surface area contributed by atoms with Crippen LogP contribution in [0, 0.1) is 11.8 Å². The molecule has 3 saturated heterocycles. The van der Waals surface area contributed by atoms with Gasteiger partial charge in [-0.25, -0.2) is 0 Å². The van der Waals surface area contributed by atoms with Crippen molar-refractivity contribution in [3.63, 3.8) is 0 Å². The summed E-state index contributed by atoms with van der Waals surface area (Å²) in [5.74, 6) is 0.669. The maximum Gasteiger partial charge on any atom is 0.673 e. The molecule has 1 unspecified atom stereocenters. The van der Waals surface area contributed by atoms with Crippen LogP contribution < -0.4 is 0 Å². The number of aliphatic hydroxyl groups excluding tert-OH is 1. The fourth-order valence-corrected chi connectivity index (χ4v) is 4.51. The van der Waals surface area contributed by atoms with E-state index in [-0.39, 0.29) is 5.92 Å². The van der Waals surface area contributed by atoms with E-state index in [1.54, 1.807) is 6.20 Å². The molecule has 0 saturated carbocycles. The molecule has 1 N–H and O–H groups in total. The fourth-order valence-electron chi connectivity index (χ4n) is 4.51. The van der Waals surface area contributed by atoms with Gasteiger partial charge in [0, 0.05) is 30.3 Å². The maximum atomic E-state index is 15.5. The number of benzene rings is 1. The molecule has 2 aromatic rings. The summed E-state index contributed by atoms with van der Waals surface area (Å²) in [6.07, 6.45) is 4.38. The van der Waals surface area contributed by atoms with Crippen LogP contribution in [0.5, 0.6) is 0 Å². The number of para-hydroxylation sites is 1. The molecule has 3 nitrogen and oxygen atoms in total. The molecule has 5 rings (SSSR count). The summed E-state index contributed by atoms with van der Waals surface area (Å²) < 4.78 is 54.0. The minimum atomic E-state index is -6.00. The van der Waals surface area contributed by atoms with Crippen LogP contribution in [-0.2, 0) is 0 Å². The molecule has 0 spiro atoms. The number of hydrogen-bond donors (Lipinski definition) is 1. The van der Waals surface area contributed by atoms with Gasteiger partial charge in [0.1, 0.15) is 19.2 Å². The number of rotatable bonds is 3. The van der Waals surface area contributed by atoms with Crippen molar-refractivity contribution >= 4 is 18.2 Å². The van der Waals surface area contributed by atoms with Crippen molar-refractivity contribution in [2.75, 3.05) is 13.1 Å². The van der Waals surface area contributed by atoms with E-state index in [9.17, 15) is 22.4 Å². The zero-order chi connectivity index (χ0) is 20.5. The van der Waals surface area contributed by atoms with Crippen LogP contribution in [0.2, 0.25) is 0 Å². The average Bonchev–Trinajstić information content (AvgIpc) is 2.65. The molecule has 28 heavy (non-hydrogen) atoms. The monoisotopic (exact) mass is 400 g/mol. The van der Waals surface area contributed by atoms with E-state index in [0.717, 1.165) is 22.9 Å². The molecule has 2 bridgehead atoms. The highest BCUT2D eigenvalue weighted by Gasteiger charge is 2.56. The summed E-state index contributed by atoms with van der Waals surface area (Å²) in [5.41, 5.74) is 1.63. The predicted molar refractivity (Wildman–Crippen MR) is 98.2 cm³/mol. The number of nitrogens with zero attached hydrogens (tertiary/aromatic N) is 2. The Morgan fingerprint density at radius 3 is 2.54 bits per heavy atom. The van der Waals surface area contributed by atoms with Crippen LogP contribution >= 0.6 is 0 Å². The van der Waals surface area contributed by atoms with Crippen LogP contribution in [0.4, 0.5) is 21.7 Å². The largest absolute Gasteiger partial charge is 0.673 e. The van der Waals surface area contributed by atoms with Gasteiger partial charge in [-0.3, -0.25) is 4.98 Å². The molecule has 152 valence electrons. The first-order chi connectivity index (χ1) is 13.1. The van der Waals surface area contributed by atoms with E-state index in [1.807, 2.05) is 36.4 Å². The summed E-state index contributed by atoms with van der Waals surface area (Å²) in [4.78, 5) is 4.34. The summed E-state index contributed by atoms with van der Waals surface area (Å²) in [6.45, 7) is 4.80. The second kappa shape index (κ2) is 7.79. The third-order valence-electron chi connectivity index (χ3n) is 5.80. The molecule has 1 aromatic heterocycles. The van der Waals surface area contributed by atoms with Gasteiger partial charge in [0.25, 0.3) is 0 Å². The van der Waals surface area contributed by atoms with Crippen LogP contribution in [0.3, 0.4) is 0 Å². The molecule has 3 fully saturated rings. The second-order valence-electron chi connectivity index (χ2n) is 7.44. The molecule has 4 heterocycles. The minimum Gasteiger partial charge on any atom is -0.418 e. The average molecular weight is 400 g/mol. The summed E-state index contributed by atoms with van der Waals surface area (Å²) in [5, 5.41) is 11.9. The number of fused-ring (bicyclic) bond motifs is 4. The lowest BCUT2D eigenvalue weighted by Crippen LogP contribution is -2.63. The van der Waals surface area contributed by atoms with Gasteiger partial charge in [-0.15, -0.1) is 11.3 Å². The number of piperidine rings is 3. The highest BCUT2D eigenvalue weighted by atomic mass is 19.5.